The third kappa shape index (κ3) is 4.85. The molecule has 0 saturated carbocycles. The predicted octanol–water partition coefficient (Wildman–Crippen LogP) is 5.42. The van der Waals surface area contributed by atoms with Crippen LogP contribution in [-0.4, -0.2) is 14.8 Å². The number of benzene rings is 1. The van der Waals surface area contributed by atoms with Crippen molar-refractivity contribution >= 4 is 5.82 Å². The molecular weight excluding hydrogens is 379 g/mol. The molecule has 1 N–H and O–H groups in total. The molecule has 0 aliphatic rings. The van der Waals surface area contributed by atoms with E-state index in [2.05, 4.69) is 15.4 Å². The summed E-state index contributed by atoms with van der Waals surface area (Å²) in [6.45, 7) is 3.88. The minimum atomic E-state index is -4.53. The van der Waals surface area contributed by atoms with E-state index in [9.17, 15) is 22.0 Å². The summed E-state index contributed by atoms with van der Waals surface area (Å²) < 4.78 is 66.4. The predicted molar refractivity (Wildman–Crippen MR) is 96.5 cm³/mol. The summed E-state index contributed by atoms with van der Waals surface area (Å²) >= 11 is 0. The number of alkyl halides is 3. The molecule has 0 aliphatic carbocycles. The summed E-state index contributed by atoms with van der Waals surface area (Å²) in [5.74, 6) is -1.03. The van der Waals surface area contributed by atoms with Crippen LogP contribution in [0.25, 0.3) is 11.3 Å². The summed E-state index contributed by atoms with van der Waals surface area (Å²) in [5.41, 5.74) is -0.443. The molecule has 0 amide bonds. The fourth-order valence-electron chi connectivity index (χ4n) is 2.41. The fraction of sp³-hybridized carbons (Fsp3) is 0.263. The highest BCUT2D eigenvalue weighted by atomic mass is 19.4. The Morgan fingerprint density at radius 3 is 2.18 bits per heavy atom. The van der Waals surface area contributed by atoms with Crippen LogP contribution in [0.1, 0.15) is 25.1 Å². The zero-order chi connectivity index (χ0) is 20.9. The summed E-state index contributed by atoms with van der Waals surface area (Å²) in [6, 6.07) is 7.55. The van der Waals surface area contributed by atoms with Crippen molar-refractivity contribution in [3.63, 3.8) is 0 Å². The Kier molecular flexibility index (Phi) is 6.71. The summed E-state index contributed by atoms with van der Waals surface area (Å²) in [5, 5.41) is 6.21. The van der Waals surface area contributed by atoms with Crippen LogP contribution in [0.15, 0.2) is 42.6 Å². The Morgan fingerprint density at radius 2 is 1.68 bits per heavy atom. The van der Waals surface area contributed by atoms with Gasteiger partial charge in [-0.05, 0) is 30.3 Å². The van der Waals surface area contributed by atoms with E-state index in [1.807, 2.05) is 13.8 Å². The first-order chi connectivity index (χ1) is 13.3. The molecule has 1 aromatic carbocycles. The Morgan fingerprint density at radius 1 is 1.04 bits per heavy atom. The molecule has 3 aromatic rings. The normalized spacial score (nSPS) is 11.0. The largest absolute Gasteiger partial charge is 0.435 e. The SMILES string of the molecule is CC.Cn1nc(C(F)(F)F)cc1-c1ccc(NCc2c(F)cccc2F)nc1. The van der Waals surface area contributed by atoms with Gasteiger partial charge in [-0.1, -0.05) is 19.9 Å². The van der Waals surface area contributed by atoms with Gasteiger partial charge < -0.3 is 5.32 Å². The number of nitrogens with zero attached hydrogens (tertiary/aromatic N) is 3. The van der Waals surface area contributed by atoms with Crippen molar-refractivity contribution in [3.8, 4) is 11.3 Å². The Hall–Kier alpha value is -2.97. The fourth-order valence-corrected chi connectivity index (χ4v) is 2.41. The molecule has 0 unspecified atom stereocenters. The van der Waals surface area contributed by atoms with Gasteiger partial charge >= 0.3 is 6.18 Å². The van der Waals surface area contributed by atoms with Crippen molar-refractivity contribution in [2.45, 2.75) is 26.6 Å². The van der Waals surface area contributed by atoms with Gasteiger partial charge in [-0.25, -0.2) is 13.8 Å². The maximum atomic E-state index is 13.6. The quantitative estimate of drug-likeness (QED) is 0.597. The smallest absolute Gasteiger partial charge is 0.366 e. The molecule has 28 heavy (non-hydrogen) atoms. The monoisotopic (exact) mass is 398 g/mol. The van der Waals surface area contributed by atoms with Crippen molar-refractivity contribution in [1.82, 2.24) is 14.8 Å². The van der Waals surface area contributed by atoms with Crippen molar-refractivity contribution in [1.29, 1.82) is 0 Å². The third-order valence-electron chi connectivity index (χ3n) is 3.74. The van der Waals surface area contributed by atoms with Crippen LogP contribution in [-0.2, 0) is 19.8 Å². The average Bonchev–Trinajstić information content (AvgIpc) is 3.06. The van der Waals surface area contributed by atoms with E-state index in [0.29, 0.717) is 11.4 Å². The molecule has 9 heteroatoms. The number of halogens is 5. The van der Waals surface area contributed by atoms with Crippen molar-refractivity contribution in [3.05, 3.63) is 65.5 Å². The number of nitrogens with one attached hydrogen (secondary N) is 1. The number of hydrogen-bond donors (Lipinski definition) is 1. The number of aromatic nitrogens is 3. The van der Waals surface area contributed by atoms with Crippen molar-refractivity contribution < 1.29 is 22.0 Å². The topological polar surface area (TPSA) is 42.7 Å². The first-order valence-corrected chi connectivity index (χ1v) is 8.50. The molecule has 0 radical (unpaired) electrons. The standard InChI is InChI=1S/C17H13F5N4.C2H6/c1-26-14(7-15(25-26)17(20,21)22)10-5-6-16(23-8-10)24-9-11-12(18)3-2-4-13(11)19;1-2/h2-8H,9H2,1H3,(H,23,24);1-2H3. The lowest BCUT2D eigenvalue weighted by molar-refractivity contribution is -0.141. The van der Waals surface area contributed by atoms with Crippen molar-refractivity contribution in [2.75, 3.05) is 5.32 Å². The Bertz CT molecular complexity index is 897. The second-order valence-electron chi connectivity index (χ2n) is 5.52. The molecule has 0 fully saturated rings. The maximum Gasteiger partial charge on any atom is 0.435 e. The summed E-state index contributed by atoms with van der Waals surface area (Å²) in [7, 11) is 1.40. The molecule has 3 rings (SSSR count). The minimum Gasteiger partial charge on any atom is -0.366 e. The Balaban J connectivity index is 0.00000136. The zero-order valence-electron chi connectivity index (χ0n) is 15.5. The van der Waals surface area contributed by atoms with E-state index < -0.39 is 23.5 Å². The summed E-state index contributed by atoms with van der Waals surface area (Å²) in [6.07, 6.45) is -3.17. The van der Waals surface area contributed by atoms with E-state index in [0.717, 1.165) is 22.9 Å². The molecule has 0 atom stereocenters. The van der Waals surface area contributed by atoms with Crippen LogP contribution >= 0.6 is 0 Å². The number of anilines is 1. The molecule has 0 aliphatic heterocycles. The van der Waals surface area contributed by atoms with Crippen LogP contribution in [0.5, 0.6) is 0 Å². The van der Waals surface area contributed by atoms with Gasteiger partial charge in [0.05, 0.1) is 5.69 Å². The summed E-state index contributed by atoms with van der Waals surface area (Å²) in [4.78, 5) is 4.06. The second kappa shape index (κ2) is 8.81. The van der Waals surface area contributed by atoms with E-state index in [4.69, 9.17) is 0 Å². The molecule has 0 bridgehead atoms. The lowest BCUT2D eigenvalue weighted by Gasteiger charge is -2.08. The van der Waals surface area contributed by atoms with Gasteiger partial charge in [0.2, 0.25) is 0 Å². The maximum absolute atomic E-state index is 13.6. The second-order valence-corrected chi connectivity index (χ2v) is 5.52. The number of aryl methyl sites for hydroxylation is 1. The number of hydrogen-bond acceptors (Lipinski definition) is 3. The first-order valence-electron chi connectivity index (χ1n) is 8.50. The van der Waals surface area contributed by atoms with Crippen LogP contribution in [0, 0.1) is 11.6 Å². The van der Waals surface area contributed by atoms with E-state index >= 15 is 0 Å². The van der Waals surface area contributed by atoms with Gasteiger partial charge in [-0.15, -0.1) is 0 Å². The molecule has 0 saturated heterocycles. The van der Waals surface area contributed by atoms with Crippen LogP contribution in [0.4, 0.5) is 27.8 Å². The van der Waals surface area contributed by atoms with Crippen molar-refractivity contribution in [2.24, 2.45) is 7.05 Å². The zero-order valence-corrected chi connectivity index (χ0v) is 15.5. The first kappa shape index (κ1) is 21.3. The van der Waals surface area contributed by atoms with Crippen LogP contribution in [0.3, 0.4) is 0 Å². The number of pyridine rings is 1. The highest BCUT2D eigenvalue weighted by molar-refractivity contribution is 5.60. The molecule has 2 heterocycles. The molecule has 150 valence electrons. The number of rotatable bonds is 4. The third-order valence-corrected chi connectivity index (χ3v) is 3.74. The average molecular weight is 398 g/mol. The van der Waals surface area contributed by atoms with E-state index in [1.165, 1.54) is 25.4 Å². The lowest BCUT2D eigenvalue weighted by atomic mass is 10.2. The van der Waals surface area contributed by atoms with Crippen LogP contribution in [0.2, 0.25) is 0 Å². The van der Waals surface area contributed by atoms with Gasteiger partial charge in [0, 0.05) is 30.9 Å². The highest BCUT2D eigenvalue weighted by Crippen LogP contribution is 2.31. The Labute approximate surface area is 159 Å². The van der Waals surface area contributed by atoms with Gasteiger partial charge in [0.15, 0.2) is 5.69 Å². The van der Waals surface area contributed by atoms with Crippen LogP contribution < -0.4 is 5.32 Å². The van der Waals surface area contributed by atoms with E-state index in [-0.39, 0.29) is 17.8 Å². The van der Waals surface area contributed by atoms with Gasteiger partial charge in [-0.3, -0.25) is 4.68 Å². The molecule has 2 aromatic heterocycles. The molecule has 0 spiro atoms. The van der Waals surface area contributed by atoms with Gasteiger partial charge in [0.1, 0.15) is 17.5 Å². The van der Waals surface area contributed by atoms with E-state index in [1.54, 1.807) is 6.07 Å². The molecular formula is C19H19F5N4. The lowest BCUT2D eigenvalue weighted by Crippen LogP contribution is -2.06. The minimum absolute atomic E-state index is 0.116. The molecule has 4 nitrogen and oxygen atoms in total. The van der Waals surface area contributed by atoms with Gasteiger partial charge in [0.25, 0.3) is 0 Å². The van der Waals surface area contributed by atoms with Gasteiger partial charge in [-0.2, -0.15) is 18.3 Å². The highest BCUT2D eigenvalue weighted by Gasteiger charge is 2.34.